The molecular formula is C13H14N2O. The molecule has 2 rings (SSSR count). The highest BCUT2D eigenvalue weighted by Crippen LogP contribution is 2.10. The Hall–Kier alpha value is -1.90. The number of hydrogen-bond acceptors (Lipinski definition) is 2. The van der Waals surface area contributed by atoms with Crippen LogP contribution in [0, 0.1) is 6.92 Å². The molecule has 0 spiro atoms. The minimum Gasteiger partial charge on any atom is -0.293 e. The summed E-state index contributed by atoms with van der Waals surface area (Å²) in [6, 6.07) is 10.1. The third-order valence-corrected chi connectivity index (χ3v) is 2.51. The Labute approximate surface area is 94.5 Å². The molecule has 0 bridgehead atoms. The molecule has 0 unspecified atom stereocenters. The lowest BCUT2D eigenvalue weighted by Crippen LogP contribution is -1.90. The Balaban J connectivity index is 2.14. The van der Waals surface area contributed by atoms with Crippen molar-refractivity contribution < 1.29 is 4.79 Å². The number of carbonyl (C=O) groups excluding carboxylic acids is 1. The van der Waals surface area contributed by atoms with Gasteiger partial charge in [0.2, 0.25) is 0 Å². The smallest absolute Gasteiger partial charge is 0.179 e. The van der Waals surface area contributed by atoms with E-state index in [2.05, 4.69) is 41.4 Å². The van der Waals surface area contributed by atoms with Crippen LogP contribution in [0.25, 0.3) is 0 Å². The zero-order valence-corrected chi connectivity index (χ0v) is 9.45. The van der Waals surface area contributed by atoms with E-state index in [4.69, 9.17) is 0 Å². The van der Waals surface area contributed by atoms with Crippen LogP contribution in [-0.2, 0) is 6.42 Å². The summed E-state index contributed by atoms with van der Waals surface area (Å²) in [4.78, 5) is 11.1. The third-order valence-electron chi connectivity index (χ3n) is 2.51. The fourth-order valence-corrected chi connectivity index (χ4v) is 1.56. The molecule has 0 atom stereocenters. The summed E-state index contributed by atoms with van der Waals surface area (Å²) in [6.07, 6.45) is 0.778. The topological polar surface area (TPSA) is 45.8 Å². The molecule has 0 radical (unpaired) electrons. The minimum atomic E-state index is -0.00796. The van der Waals surface area contributed by atoms with E-state index in [-0.39, 0.29) is 5.78 Å². The number of hydrogen-bond donors (Lipinski definition) is 1. The van der Waals surface area contributed by atoms with Gasteiger partial charge in [-0.05, 0) is 18.6 Å². The lowest BCUT2D eigenvalue weighted by molar-refractivity contribution is 0.101. The zero-order valence-electron chi connectivity index (χ0n) is 9.45. The van der Waals surface area contributed by atoms with Crippen molar-refractivity contribution >= 4 is 5.78 Å². The van der Waals surface area contributed by atoms with Crippen LogP contribution in [0.3, 0.4) is 0 Å². The summed E-state index contributed by atoms with van der Waals surface area (Å²) in [5.74, 6) is -0.00796. The van der Waals surface area contributed by atoms with Gasteiger partial charge in [0.15, 0.2) is 5.78 Å². The van der Waals surface area contributed by atoms with Crippen molar-refractivity contribution in [2.24, 2.45) is 0 Å². The van der Waals surface area contributed by atoms with E-state index >= 15 is 0 Å². The summed E-state index contributed by atoms with van der Waals surface area (Å²) >= 11 is 0. The second kappa shape index (κ2) is 4.31. The number of nitrogens with zero attached hydrogens (tertiary/aromatic N) is 1. The molecule has 1 aromatic heterocycles. The molecule has 0 aliphatic heterocycles. The molecule has 3 heteroatoms. The Kier molecular flexibility index (Phi) is 2.86. The van der Waals surface area contributed by atoms with Crippen LogP contribution in [-0.4, -0.2) is 16.0 Å². The number of H-pyrrole nitrogens is 1. The summed E-state index contributed by atoms with van der Waals surface area (Å²) in [5.41, 5.74) is 3.93. The molecular weight excluding hydrogens is 200 g/mol. The number of Topliss-reactive ketones (excluding diaryl/α,β-unsaturated/α-hetero) is 1. The van der Waals surface area contributed by atoms with E-state index in [1.165, 1.54) is 18.1 Å². The number of ketones is 1. The molecule has 2 aromatic rings. The molecule has 0 saturated heterocycles. The second-order valence-electron chi connectivity index (χ2n) is 4.00. The monoisotopic (exact) mass is 214 g/mol. The maximum Gasteiger partial charge on any atom is 0.179 e. The van der Waals surface area contributed by atoms with Gasteiger partial charge in [0.1, 0.15) is 5.69 Å². The molecule has 1 aromatic carbocycles. The Bertz CT molecular complexity index is 497. The first-order valence-corrected chi connectivity index (χ1v) is 5.26. The number of benzene rings is 1. The number of carbonyl (C=O) groups is 1. The molecule has 1 N–H and O–H groups in total. The predicted molar refractivity (Wildman–Crippen MR) is 62.6 cm³/mol. The van der Waals surface area contributed by atoms with Crippen molar-refractivity contribution in [1.82, 2.24) is 10.2 Å². The highest BCUT2D eigenvalue weighted by Gasteiger charge is 2.05. The van der Waals surface area contributed by atoms with E-state index < -0.39 is 0 Å². The molecule has 0 aliphatic rings. The van der Waals surface area contributed by atoms with Crippen LogP contribution in [0.15, 0.2) is 30.3 Å². The van der Waals surface area contributed by atoms with Gasteiger partial charge in [-0.25, -0.2) is 0 Å². The maximum absolute atomic E-state index is 11.1. The number of rotatable bonds is 3. The van der Waals surface area contributed by atoms with Gasteiger partial charge in [0.25, 0.3) is 0 Å². The van der Waals surface area contributed by atoms with Gasteiger partial charge in [-0.3, -0.25) is 9.89 Å². The van der Waals surface area contributed by atoms with Crippen LogP contribution in [0.4, 0.5) is 0 Å². The van der Waals surface area contributed by atoms with Crippen molar-refractivity contribution in [3.05, 3.63) is 52.8 Å². The van der Waals surface area contributed by atoms with Crippen LogP contribution < -0.4 is 0 Å². The highest BCUT2D eigenvalue weighted by atomic mass is 16.1. The van der Waals surface area contributed by atoms with E-state index in [0.29, 0.717) is 5.69 Å². The van der Waals surface area contributed by atoms with Crippen LogP contribution in [0.2, 0.25) is 0 Å². The van der Waals surface area contributed by atoms with Gasteiger partial charge in [-0.1, -0.05) is 29.8 Å². The standard InChI is InChI=1S/C13H14N2O/c1-9-3-5-11(6-4-9)7-12-8-13(10(2)16)15-14-12/h3-6,8H,7H2,1-2H3,(H,14,15). The Morgan fingerprint density at radius 1 is 1.31 bits per heavy atom. The first-order chi connectivity index (χ1) is 7.65. The number of aryl methyl sites for hydroxylation is 1. The maximum atomic E-state index is 11.1. The zero-order chi connectivity index (χ0) is 11.5. The molecule has 82 valence electrons. The molecule has 0 fully saturated rings. The number of aromatic nitrogens is 2. The summed E-state index contributed by atoms with van der Waals surface area (Å²) in [7, 11) is 0. The number of nitrogens with one attached hydrogen (secondary N) is 1. The first kappa shape index (κ1) is 10.6. The predicted octanol–water partition coefficient (Wildman–Crippen LogP) is 2.51. The largest absolute Gasteiger partial charge is 0.293 e. The Morgan fingerprint density at radius 2 is 2.00 bits per heavy atom. The SMILES string of the molecule is CC(=O)c1cc(Cc2ccc(C)cc2)[nH]n1. The van der Waals surface area contributed by atoms with Gasteiger partial charge in [-0.2, -0.15) is 5.10 Å². The molecule has 3 nitrogen and oxygen atoms in total. The minimum absolute atomic E-state index is 0.00796. The van der Waals surface area contributed by atoms with Crippen molar-refractivity contribution in [3.8, 4) is 0 Å². The van der Waals surface area contributed by atoms with E-state index in [9.17, 15) is 4.79 Å². The summed E-state index contributed by atoms with van der Waals surface area (Å²) in [6.45, 7) is 3.58. The van der Waals surface area contributed by atoms with E-state index in [0.717, 1.165) is 12.1 Å². The lowest BCUT2D eigenvalue weighted by atomic mass is 10.1. The lowest BCUT2D eigenvalue weighted by Gasteiger charge is -1.98. The van der Waals surface area contributed by atoms with Gasteiger partial charge >= 0.3 is 0 Å². The molecule has 16 heavy (non-hydrogen) atoms. The quantitative estimate of drug-likeness (QED) is 0.798. The van der Waals surface area contributed by atoms with Gasteiger partial charge < -0.3 is 0 Å². The summed E-state index contributed by atoms with van der Waals surface area (Å²) < 4.78 is 0. The van der Waals surface area contributed by atoms with Crippen LogP contribution in [0.1, 0.15) is 34.2 Å². The fraction of sp³-hybridized carbons (Fsp3) is 0.231. The normalized spacial score (nSPS) is 10.4. The highest BCUT2D eigenvalue weighted by molar-refractivity contribution is 5.92. The van der Waals surface area contributed by atoms with Gasteiger partial charge in [0, 0.05) is 19.0 Å². The van der Waals surface area contributed by atoms with Gasteiger partial charge in [-0.15, -0.1) is 0 Å². The molecule has 0 saturated carbocycles. The van der Waals surface area contributed by atoms with Crippen LogP contribution in [0.5, 0.6) is 0 Å². The molecule has 1 heterocycles. The van der Waals surface area contributed by atoms with Gasteiger partial charge in [0.05, 0.1) is 0 Å². The fourth-order valence-electron chi connectivity index (χ4n) is 1.56. The average molecular weight is 214 g/mol. The van der Waals surface area contributed by atoms with Crippen molar-refractivity contribution in [2.45, 2.75) is 20.3 Å². The molecule has 0 aliphatic carbocycles. The molecule has 0 amide bonds. The van der Waals surface area contributed by atoms with E-state index in [1.54, 1.807) is 0 Å². The average Bonchev–Trinajstić information content (AvgIpc) is 2.70. The van der Waals surface area contributed by atoms with E-state index in [1.807, 2.05) is 6.07 Å². The second-order valence-corrected chi connectivity index (χ2v) is 4.00. The van der Waals surface area contributed by atoms with Crippen molar-refractivity contribution in [3.63, 3.8) is 0 Å². The number of aromatic amines is 1. The summed E-state index contributed by atoms with van der Waals surface area (Å²) in [5, 5.41) is 6.83. The third kappa shape index (κ3) is 2.37. The van der Waals surface area contributed by atoms with Crippen molar-refractivity contribution in [1.29, 1.82) is 0 Å². The first-order valence-electron chi connectivity index (χ1n) is 5.26. The Morgan fingerprint density at radius 3 is 2.56 bits per heavy atom. The van der Waals surface area contributed by atoms with Crippen LogP contribution >= 0.6 is 0 Å². The van der Waals surface area contributed by atoms with Crippen molar-refractivity contribution in [2.75, 3.05) is 0 Å².